The van der Waals surface area contributed by atoms with Crippen LogP contribution in [0.4, 0.5) is 15.8 Å². The van der Waals surface area contributed by atoms with Crippen molar-refractivity contribution in [1.29, 1.82) is 0 Å². The van der Waals surface area contributed by atoms with E-state index in [4.69, 9.17) is 4.42 Å². The first-order chi connectivity index (χ1) is 15.5. The summed E-state index contributed by atoms with van der Waals surface area (Å²) in [5, 5.41) is 2.74. The summed E-state index contributed by atoms with van der Waals surface area (Å²) in [5.41, 5.74) is 1.62. The highest BCUT2D eigenvalue weighted by Crippen LogP contribution is 2.55. The minimum atomic E-state index is -1.34. The van der Waals surface area contributed by atoms with E-state index in [1.165, 1.54) is 52.1 Å². The highest BCUT2D eigenvalue weighted by Gasteiger charge is 2.61. The average molecular weight is 451 g/mol. The van der Waals surface area contributed by atoms with E-state index in [9.17, 15) is 18.8 Å². The smallest absolute Gasteiger partial charge is 0.269 e. The number of halogens is 1. The van der Waals surface area contributed by atoms with E-state index in [0.29, 0.717) is 22.7 Å². The second-order valence-electron chi connectivity index (χ2n) is 7.40. The Kier molecular flexibility index (Phi) is 4.97. The van der Waals surface area contributed by atoms with E-state index in [1.54, 1.807) is 36.4 Å². The van der Waals surface area contributed by atoms with E-state index in [1.807, 2.05) is 0 Å². The predicted molar refractivity (Wildman–Crippen MR) is 117 cm³/mol. The molecule has 1 N–H and O–H groups in total. The van der Waals surface area contributed by atoms with Crippen LogP contribution in [0.15, 0.2) is 71.3 Å². The van der Waals surface area contributed by atoms with E-state index < -0.39 is 10.7 Å². The zero-order chi connectivity index (χ0) is 22.3. The van der Waals surface area contributed by atoms with Gasteiger partial charge in [0, 0.05) is 11.3 Å². The largest absolute Gasteiger partial charge is 0.467 e. The molecular formula is C23H18FN3O4S. The first-order valence-corrected chi connectivity index (χ1v) is 10.9. The van der Waals surface area contributed by atoms with Gasteiger partial charge in [0.15, 0.2) is 0 Å². The number of para-hydroxylation sites is 1. The van der Waals surface area contributed by atoms with Gasteiger partial charge in [-0.05, 0) is 42.5 Å². The van der Waals surface area contributed by atoms with Crippen LogP contribution < -0.4 is 15.1 Å². The molecule has 9 heteroatoms. The fraction of sp³-hybridized carbons (Fsp3) is 0.174. The second kappa shape index (κ2) is 7.83. The van der Waals surface area contributed by atoms with Crippen LogP contribution in [-0.2, 0) is 25.8 Å². The third-order valence-electron chi connectivity index (χ3n) is 5.49. The van der Waals surface area contributed by atoms with Gasteiger partial charge < -0.3 is 9.73 Å². The minimum Gasteiger partial charge on any atom is -0.467 e. The number of nitrogens with zero attached hydrogens (tertiary/aromatic N) is 2. The Morgan fingerprint density at radius 2 is 1.88 bits per heavy atom. The van der Waals surface area contributed by atoms with Gasteiger partial charge in [-0.3, -0.25) is 24.2 Å². The van der Waals surface area contributed by atoms with Crippen molar-refractivity contribution in [3.63, 3.8) is 0 Å². The Balaban J connectivity index is 1.48. The molecule has 0 bridgehead atoms. The molecule has 5 rings (SSSR count). The normalized spacial score (nSPS) is 19.7. The Morgan fingerprint density at radius 3 is 2.62 bits per heavy atom. The lowest BCUT2D eigenvalue weighted by atomic mass is 10.0. The van der Waals surface area contributed by atoms with Gasteiger partial charge in [-0.2, -0.15) is 0 Å². The number of fused-ring (bicyclic) bond motifs is 2. The van der Waals surface area contributed by atoms with Crippen LogP contribution in [0, 0.1) is 5.82 Å². The number of benzene rings is 2. The molecule has 3 heterocycles. The maximum absolute atomic E-state index is 13.8. The minimum absolute atomic E-state index is 0.0932. The average Bonchev–Trinajstić information content (AvgIpc) is 3.49. The highest BCUT2D eigenvalue weighted by atomic mass is 32.2. The summed E-state index contributed by atoms with van der Waals surface area (Å²) in [4.78, 5) is 40.8. The molecule has 2 aliphatic rings. The molecule has 3 aromatic rings. The number of rotatable bonds is 5. The summed E-state index contributed by atoms with van der Waals surface area (Å²) in [7, 11) is 0. The third-order valence-corrected chi connectivity index (χ3v) is 6.88. The van der Waals surface area contributed by atoms with Crippen molar-refractivity contribution in [2.45, 2.75) is 11.4 Å². The number of nitrogens with one attached hydrogen (secondary N) is 1. The number of carbonyl (C=O) groups is 3. The van der Waals surface area contributed by atoms with Crippen LogP contribution in [0.25, 0.3) is 0 Å². The molecule has 32 heavy (non-hydrogen) atoms. The van der Waals surface area contributed by atoms with Crippen molar-refractivity contribution < 1.29 is 23.2 Å². The van der Waals surface area contributed by atoms with Crippen LogP contribution in [0.1, 0.15) is 11.3 Å². The molecule has 0 saturated carbocycles. The summed E-state index contributed by atoms with van der Waals surface area (Å²) in [6, 6.07) is 16.1. The number of carbonyl (C=O) groups excluding carboxylic acids is 3. The van der Waals surface area contributed by atoms with E-state index >= 15 is 0 Å². The molecule has 1 aromatic heterocycles. The molecule has 1 spiro atoms. The molecule has 3 amide bonds. The van der Waals surface area contributed by atoms with Crippen molar-refractivity contribution in [3.05, 3.63) is 84.1 Å². The molecule has 1 unspecified atom stereocenters. The number of hydrogen-bond donors (Lipinski definition) is 1. The van der Waals surface area contributed by atoms with Crippen LogP contribution >= 0.6 is 11.8 Å². The maximum atomic E-state index is 13.8. The molecule has 1 atom stereocenters. The van der Waals surface area contributed by atoms with E-state index in [2.05, 4.69) is 5.32 Å². The van der Waals surface area contributed by atoms with Gasteiger partial charge in [0.25, 0.3) is 5.91 Å². The first-order valence-electron chi connectivity index (χ1n) is 9.94. The summed E-state index contributed by atoms with van der Waals surface area (Å²) in [5.74, 6) is -0.738. The standard InChI is InChI=1S/C23H18FN3O4S/c24-15-7-9-16(10-8-15)27-21(29)14-32-23(27)18-5-1-2-6-19(18)26(22(23)30)13-20(28)25-12-17-4-3-11-31-17/h1-11H,12-14H2,(H,25,28). The van der Waals surface area contributed by atoms with E-state index in [0.717, 1.165) is 0 Å². The Labute approximate surface area is 187 Å². The number of anilines is 2. The summed E-state index contributed by atoms with van der Waals surface area (Å²) < 4.78 is 18.7. The van der Waals surface area contributed by atoms with Crippen molar-refractivity contribution >= 4 is 40.9 Å². The lowest BCUT2D eigenvalue weighted by Gasteiger charge is -2.33. The zero-order valence-corrected chi connectivity index (χ0v) is 17.6. The van der Waals surface area contributed by atoms with Gasteiger partial charge in [0.1, 0.15) is 18.1 Å². The SMILES string of the molecule is O=C(CN1C(=O)C2(SCC(=O)N2c2ccc(F)cc2)c2ccccc21)NCc1ccco1. The Bertz CT molecular complexity index is 1200. The molecule has 2 aromatic carbocycles. The maximum Gasteiger partial charge on any atom is 0.269 e. The van der Waals surface area contributed by atoms with Crippen LogP contribution in [0.3, 0.4) is 0 Å². The summed E-state index contributed by atoms with van der Waals surface area (Å²) in [6.07, 6.45) is 1.52. The fourth-order valence-corrected chi connectivity index (χ4v) is 5.46. The van der Waals surface area contributed by atoms with Crippen LogP contribution in [-0.4, -0.2) is 30.0 Å². The fourth-order valence-electron chi connectivity index (χ4n) is 4.10. The third kappa shape index (κ3) is 3.16. The molecule has 0 aliphatic carbocycles. The number of thioether (sulfide) groups is 1. The van der Waals surface area contributed by atoms with E-state index in [-0.39, 0.29) is 36.6 Å². The molecule has 2 aliphatic heterocycles. The molecular weight excluding hydrogens is 433 g/mol. The number of hydrogen-bond acceptors (Lipinski definition) is 5. The number of amides is 3. The molecule has 7 nitrogen and oxygen atoms in total. The van der Waals surface area contributed by atoms with Crippen LogP contribution in [0.2, 0.25) is 0 Å². The molecule has 0 radical (unpaired) electrons. The lowest BCUT2D eigenvalue weighted by Crippen LogP contribution is -2.51. The van der Waals surface area contributed by atoms with Crippen molar-refractivity contribution in [3.8, 4) is 0 Å². The van der Waals surface area contributed by atoms with Gasteiger partial charge in [0.05, 0.1) is 24.2 Å². The van der Waals surface area contributed by atoms with Gasteiger partial charge in [-0.1, -0.05) is 18.2 Å². The first kappa shape index (κ1) is 20.3. The quantitative estimate of drug-likeness (QED) is 0.645. The van der Waals surface area contributed by atoms with Crippen LogP contribution in [0.5, 0.6) is 0 Å². The second-order valence-corrected chi connectivity index (χ2v) is 8.57. The van der Waals surface area contributed by atoms with Crippen molar-refractivity contribution in [2.75, 3.05) is 22.1 Å². The van der Waals surface area contributed by atoms with Crippen molar-refractivity contribution in [1.82, 2.24) is 5.32 Å². The zero-order valence-electron chi connectivity index (χ0n) is 16.8. The topological polar surface area (TPSA) is 82.9 Å². The van der Waals surface area contributed by atoms with Gasteiger partial charge in [-0.25, -0.2) is 4.39 Å². The lowest BCUT2D eigenvalue weighted by molar-refractivity contribution is -0.125. The molecule has 1 fully saturated rings. The monoisotopic (exact) mass is 451 g/mol. The molecule has 162 valence electrons. The predicted octanol–water partition coefficient (Wildman–Crippen LogP) is 3.01. The number of furan rings is 1. The van der Waals surface area contributed by atoms with Gasteiger partial charge in [-0.15, -0.1) is 11.8 Å². The summed E-state index contributed by atoms with van der Waals surface area (Å²) >= 11 is 1.21. The van der Waals surface area contributed by atoms with Crippen molar-refractivity contribution in [2.24, 2.45) is 0 Å². The Hall–Kier alpha value is -3.59. The summed E-state index contributed by atoms with van der Waals surface area (Å²) in [6.45, 7) is -0.0000919. The Morgan fingerprint density at radius 1 is 1.09 bits per heavy atom. The molecule has 1 saturated heterocycles. The van der Waals surface area contributed by atoms with Gasteiger partial charge >= 0.3 is 0 Å². The highest BCUT2D eigenvalue weighted by molar-refractivity contribution is 8.02. The van der Waals surface area contributed by atoms with Gasteiger partial charge in [0.2, 0.25) is 16.7 Å².